The van der Waals surface area contributed by atoms with E-state index in [-0.39, 0.29) is 36.8 Å². The average molecular weight is 891 g/mol. The molecule has 0 amide bonds. The summed E-state index contributed by atoms with van der Waals surface area (Å²) in [5.41, 5.74) is -5.44. The lowest BCUT2D eigenvalue weighted by Crippen LogP contribution is -2.67. The number of carbonyl (C=O) groups is 4. The van der Waals surface area contributed by atoms with Gasteiger partial charge in [-0.3, -0.25) is 0 Å². The third kappa shape index (κ3) is 15.8. The van der Waals surface area contributed by atoms with E-state index in [0.717, 1.165) is 49.4 Å². The predicted molar refractivity (Wildman–Crippen MR) is 252 cm³/mol. The largest absolute Gasteiger partial charge is 0.494 e. The monoisotopic (exact) mass is 891 g/mol. The molecule has 2 aromatic carbocycles. The molecule has 358 valence electrons. The van der Waals surface area contributed by atoms with Crippen LogP contribution in [0.15, 0.2) is 48.5 Å². The Labute approximate surface area is 384 Å². The fourth-order valence-electron chi connectivity index (χ4n) is 10.1. The van der Waals surface area contributed by atoms with E-state index < -0.39 is 35.1 Å². The molecule has 0 radical (unpaired) electrons. The third-order valence-corrected chi connectivity index (χ3v) is 14.2. The summed E-state index contributed by atoms with van der Waals surface area (Å²) in [6.07, 6.45) is 25.7. The quantitative estimate of drug-likeness (QED) is 0.0554. The van der Waals surface area contributed by atoms with E-state index in [1.54, 1.807) is 24.3 Å². The molecule has 0 aliphatic heterocycles. The van der Waals surface area contributed by atoms with Gasteiger partial charge in [0.25, 0.3) is 11.2 Å². The molecule has 2 aliphatic rings. The lowest BCUT2D eigenvalue weighted by atomic mass is 9.75. The number of benzene rings is 2. The summed E-state index contributed by atoms with van der Waals surface area (Å²) < 4.78 is 23.8. The Hall–Kier alpha value is -4.08. The van der Waals surface area contributed by atoms with Crippen molar-refractivity contribution in [2.45, 2.75) is 206 Å². The van der Waals surface area contributed by atoms with Gasteiger partial charge in [0.15, 0.2) is 0 Å². The number of unbranched alkanes of at least 4 members (excludes halogenated alkanes) is 6. The highest BCUT2D eigenvalue weighted by Gasteiger charge is 2.67. The first-order valence-corrected chi connectivity index (χ1v) is 25.4. The zero-order valence-electron chi connectivity index (χ0n) is 39.9. The van der Waals surface area contributed by atoms with Gasteiger partial charge in [0.2, 0.25) is 0 Å². The molecule has 10 heteroatoms. The molecule has 0 bridgehead atoms. The summed E-state index contributed by atoms with van der Waals surface area (Å²) in [7, 11) is 0. The number of esters is 2. The van der Waals surface area contributed by atoms with Crippen LogP contribution >= 0.6 is 0 Å². The first-order valence-electron chi connectivity index (χ1n) is 25.4. The molecule has 2 aliphatic carbocycles. The van der Waals surface area contributed by atoms with Gasteiger partial charge in [-0.25, -0.2) is 19.2 Å². The van der Waals surface area contributed by atoms with E-state index in [1.807, 2.05) is 13.8 Å². The van der Waals surface area contributed by atoms with Crippen molar-refractivity contribution in [1.82, 2.24) is 0 Å². The second-order valence-electron chi connectivity index (χ2n) is 19.0. The summed E-state index contributed by atoms with van der Waals surface area (Å²) in [6.45, 7) is 9.22. The molecule has 2 saturated carbocycles. The molecule has 4 rings (SSSR count). The van der Waals surface area contributed by atoms with Crippen molar-refractivity contribution in [2.75, 3.05) is 13.2 Å². The van der Waals surface area contributed by atoms with Gasteiger partial charge in [-0.2, -0.15) is 0 Å². The number of rotatable bonds is 31. The van der Waals surface area contributed by atoms with Crippen LogP contribution in [-0.4, -0.2) is 58.5 Å². The highest BCUT2D eigenvalue weighted by molar-refractivity contribution is 5.99. The minimum atomic E-state index is -2.74. The van der Waals surface area contributed by atoms with Crippen molar-refractivity contribution in [2.24, 2.45) is 23.7 Å². The lowest BCUT2D eigenvalue weighted by molar-refractivity contribution is -0.211. The Balaban J connectivity index is 1.37. The maximum atomic E-state index is 13.9. The van der Waals surface area contributed by atoms with Gasteiger partial charge in [0, 0.05) is 12.8 Å². The fraction of sp³-hybridized carbons (Fsp3) is 0.704. The Kier molecular flexibility index (Phi) is 23.0. The van der Waals surface area contributed by atoms with E-state index in [9.17, 15) is 29.4 Å². The molecule has 64 heavy (non-hydrogen) atoms. The molecule has 2 fully saturated rings. The van der Waals surface area contributed by atoms with E-state index in [2.05, 4.69) is 13.8 Å². The first-order chi connectivity index (χ1) is 31.0. The second kappa shape index (κ2) is 28.1. The topological polar surface area (TPSA) is 146 Å². The van der Waals surface area contributed by atoms with Crippen molar-refractivity contribution in [1.29, 1.82) is 0 Å². The van der Waals surface area contributed by atoms with Gasteiger partial charge in [0.1, 0.15) is 11.5 Å². The molecule has 0 unspecified atom stereocenters. The van der Waals surface area contributed by atoms with Gasteiger partial charge in [-0.05, 0) is 111 Å². The maximum Gasteiger partial charge on any atom is 0.353 e. The second-order valence-corrected chi connectivity index (χ2v) is 19.0. The van der Waals surface area contributed by atoms with Crippen molar-refractivity contribution in [3.05, 3.63) is 59.7 Å². The van der Waals surface area contributed by atoms with E-state index >= 15 is 0 Å². The number of ether oxygens (including phenoxy) is 4. The fourth-order valence-corrected chi connectivity index (χ4v) is 10.1. The predicted octanol–water partition coefficient (Wildman–Crippen LogP) is 13.8. The van der Waals surface area contributed by atoms with Crippen LogP contribution in [0.2, 0.25) is 0 Å². The Bertz CT molecular complexity index is 1530. The van der Waals surface area contributed by atoms with Gasteiger partial charge in [0.05, 0.1) is 24.3 Å². The zero-order valence-corrected chi connectivity index (χ0v) is 39.9. The molecule has 2 aromatic rings. The van der Waals surface area contributed by atoms with Gasteiger partial charge in [-0.1, -0.05) is 143 Å². The molecule has 0 spiro atoms. The normalized spacial score (nSPS) is 20.6. The minimum absolute atomic E-state index is 0.0204. The van der Waals surface area contributed by atoms with Crippen LogP contribution in [-0.2, 0) is 19.1 Å². The molecule has 2 atom stereocenters. The van der Waals surface area contributed by atoms with Crippen molar-refractivity contribution in [3.8, 4) is 11.5 Å². The molecule has 10 nitrogen and oxygen atoms in total. The van der Waals surface area contributed by atoms with Crippen LogP contribution in [0.1, 0.15) is 215 Å². The van der Waals surface area contributed by atoms with E-state index in [4.69, 9.17) is 18.9 Å². The number of aliphatic carboxylic acids is 2. The summed E-state index contributed by atoms with van der Waals surface area (Å²) in [4.78, 5) is 54.7. The average Bonchev–Trinajstić information content (AvgIpc) is 3.30. The number of carboxylic acids is 2. The molecular formula is C54H82O10. The van der Waals surface area contributed by atoms with Crippen molar-refractivity contribution >= 4 is 23.9 Å². The van der Waals surface area contributed by atoms with Gasteiger partial charge < -0.3 is 29.2 Å². The first kappa shape index (κ1) is 52.5. The third-order valence-electron chi connectivity index (χ3n) is 14.2. The molecule has 0 aromatic heterocycles. The van der Waals surface area contributed by atoms with Crippen LogP contribution in [0, 0.1) is 23.7 Å². The van der Waals surface area contributed by atoms with Crippen molar-refractivity contribution < 1.29 is 48.3 Å². The summed E-state index contributed by atoms with van der Waals surface area (Å²) in [5, 5.41) is 21.9. The van der Waals surface area contributed by atoms with Crippen LogP contribution in [0.5, 0.6) is 11.5 Å². The minimum Gasteiger partial charge on any atom is -0.494 e. The highest BCUT2D eigenvalue weighted by atomic mass is 16.6. The number of carbonyl (C=O) groups excluding carboxylic acids is 2. The van der Waals surface area contributed by atoms with E-state index in [0.29, 0.717) is 37.6 Å². The summed E-state index contributed by atoms with van der Waals surface area (Å²) in [5.74, 6) is -1.12. The molecular weight excluding hydrogens is 809 g/mol. The highest BCUT2D eigenvalue weighted by Crippen LogP contribution is 2.42. The zero-order chi connectivity index (χ0) is 46.2. The Morgan fingerprint density at radius 1 is 0.453 bits per heavy atom. The van der Waals surface area contributed by atoms with Crippen LogP contribution in [0.4, 0.5) is 0 Å². The molecule has 0 saturated heterocycles. The number of hydrogen-bond donors (Lipinski definition) is 2. The number of carboxylic acid groups (broad SMARTS) is 2. The maximum absolute atomic E-state index is 13.9. The van der Waals surface area contributed by atoms with Crippen LogP contribution in [0.25, 0.3) is 0 Å². The lowest BCUT2D eigenvalue weighted by Gasteiger charge is -2.43. The Morgan fingerprint density at radius 2 is 0.750 bits per heavy atom. The standard InChI is InChI=1S/C54H82O10/c1-5-9-13-17-41-21-25-43(26-22-41)19-15-39-61-47-33-29-45(30-34-47)49(55)63-53(51(57)58,37-11-7-3)54(52(59)60,38-12-8-4)64-50(56)46-31-35-48(36-32-46)62-40-16-20-44-27-23-42(24-28-44)18-14-10-6-2/h29-36,41-44H,5-28,37-40H2,1-4H3,(H,57,58)(H,59,60)/t41?,42?,43?,44?,53-,54-/m0/s1. The smallest absolute Gasteiger partial charge is 0.353 e. The van der Waals surface area contributed by atoms with Crippen molar-refractivity contribution in [3.63, 3.8) is 0 Å². The number of hydrogen-bond acceptors (Lipinski definition) is 8. The van der Waals surface area contributed by atoms with Gasteiger partial charge >= 0.3 is 23.9 Å². The van der Waals surface area contributed by atoms with Crippen LogP contribution in [0.3, 0.4) is 0 Å². The summed E-state index contributed by atoms with van der Waals surface area (Å²) >= 11 is 0. The SMILES string of the molecule is CCCCCC1CCC(CCCOc2ccc(C(=O)O[C@@](CCCC)(C(=O)O)[C@@](CCCC)(OC(=O)c3ccc(OCCCC4CCC(CCCCC)CC4)cc3)C(=O)O)cc2)CC1. The molecule has 2 N–H and O–H groups in total. The Morgan fingerprint density at radius 3 is 1.03 bits per heavy atom. The molecule has 0 heterocycles. The summed E-state index contributed by atoms with van der Waals surface area (Å²) in [6, 6.07) is 12.4. The van der Waals surface area contributed by atoms with E-state index in [1.165, 1.54) is 127 Å². The van der Waals surface area contributed by atoms with Gasteiger partial charge in [-0.15, -0.1) is 0 Å². The van der Waals surface area contributed by atoms with Crippen LogP contribution < -0.4 is 9.47 Å².